The minimum atomic E-state index is -3.62. The second-order valence-corrected chi connectivity index (χ2v) is 8.53. The van der Waals surface area contributed by atoms with Crippen molar-refractivity contribution in [2.75, 3.05) is 11.4 Å². The van der Waals surface area contributed by atoms with Crippen LogP contribution in [0, 0.1) is 0 Å². The van der Waals surface area contributed by atoms with E-state index in [1.807, 2.05) is 6.20 Å². The van der Waals surface area contributed by atoms with Crippen molar-refractivity contribution in [3.63, 3.8) is 0 Å². The lowest BCUT2D eigenvalue weighted by Crippen LogP contribution is -2.25. The molecule has 138 valence electrons. The Morgan fingerprint density at radius 1 is 1.04 bits per heavy atom. The fourth-order valence-corrected chi connectivity index (χ4v) is 4.53. The van der Waals surface area contributed by atoms with Gasteiger partial charge in [-0.3, -0.25) is 4.79 Å². The highest BCUT2D eigenvalue weighted by molar-refractivity contribution is 7.89. The van der Waals surface area contributed by atoms with E-state index in [0.717, 1.165) is 49.4 Å². The van der Waals surface area contributed by atoms with Gasteiger partial charge in [-0.1, -0.05) is 0 Å². The number of rotatable bonds is 5. The maximum atomic E-state index is 12.5. The monoisotopic (exact) mass is 374 g/mol. The van der Waals surface area contributed by atoms with Crippen molar-refractivity contribution >= 4 is 21.6 Å². The summed E-state index contributed by atoms with van der Waals surface area (Å²) in [4.78, 5) is 18.2. The molecule has 3 heterocycles. The number of amides is 1. The van der Waals surface area contributed by atoms with Crippen molar-refractivity contribution in [3.8, 4) is 0 Å². The lowest BCUT2D eigenvalue weighted by Gasteiger charge is -2.16. The van der Waals surface area contributed by atoms with Gasteiger partial charge in [0.05, 0.1) is 17.1 Å². The number of hydrogen-bond donors (Lipinski definition) is 1. The standard InChI is InChI=1S/C18H22N4O3S/c23-18-5-3-11-22(18)15-6-8-16(9-7-15)26(24,25)19-12-14-13-21-10-2-1-4-17(21)20-14/h6-9,13,19H,1-5,10-12H2. The lowest BCUT2D eigenvalue weighted by molar-refractivity contribution is -0.117. The van der Waals surface area contributed by atoms with Crippen LogP contribution in [0.3, 0.4) is 0 Å². The molecular weight excluding hydrogens is 352 g/mol. The zero-order valence-corrected chi connectivity index (χ0v) is 15.3. The average Bonchev–Trinajstić information content (AvgIpc) is 3.26. The molecule has 0 saturated carbocycles. The number of aromatic nitrogens is 2. The van der Waals surface area contributed by atoms with E-state index in [2.05, 4.69) is 14.3 Å². The summed E-state index contributed by atoms with van der Waals surface area (Å²) in [6.07, 6.45) is 6.54. The first-order chi connectivity index (χ1) is 12.5. The van der Waals surface area contributed by atoms with Gasteiger partial charge in [0.2, 0.25) is 15.9 Å². The maximum Gasteiger partial charge on any atom is 0.240 e. The van der Waals surface area contributed by atoms with Gasteiger partial charge in [0.1, 0.15) is 5.82 Å². The number of benzene rings is 1. The Morgan fingerprint density at radius 3 is 2.54 bits per heavy atom. The molecule has 0 unspecified atom stereocenters. The van der Waals surface area contributed by atoms with Crippen LogP contribution in [0.25, 0.3) is 0 Å². The number of hydrogen-bond acceptors (Lipinski definition) is 4. The molecule has 7 nitrogen and oxygen atoms in total. The van der Waals surface area contributed by atoms with Crippen molar-refractivity contribution in [3.05, 3.63) is 42.0 Å². The van der Waals surface area contributed by atoms with E-state index in [1.54, 1.807) is 29.2 Å². The third kappa shape index (κ3) is 3.39. The Kier molecular flexibility index (Phi) is 4.54. The average molecular weight is 374 g/mol. The van der Waals surface area contributed by atoms with Crippen LogP contribution >= 0.6 is 0 Å². The molecule has 1 amide bonds. The van der Waals surface area contributed by atoms with E-state index in [-0.39, 0.29) is 17.3 Å². The number of sulfonamides is 1. The van der Waals surface area contributed by atoms with Crippen LogP contribution < -0.4 is 9.62 Å². The highest BCUT2D eigenvalue weighted by Crippen LogP contribution is 2.23. The number of aryl methyl sites for hydroxylation is 2. The van der Waals surface area contributed by atoms with Gasteiger partial charge in [-0.2, -0.15) is 0 Å². The Balaban J connectivity index is 1.44. The number of nitrogens with one attached hydrogen (secondary N) is 1. The molecule has 0 spiro atoms. The van der Waals surface area contributed by atoms with E-state index in [4.69, 9.17) is 0 Å². The molecule has 1 aromatic carbocycles. The molecule has 1 aromatic heterocycles. The number of carbonyl (C=O) groups excluding carboxylic acids is 1. The summed E-state index contributed by atoms with van der Waals surface area (Å²) in [7, 11) is -3.62. The minimum Gasteiger partial charge on any atom is -0.335 e. The summed E-state index contributed by atoms with van der Waals surface area (Å²) in [5.74, 6) is 1.12. The van der Waals surface area contributed by atoms with Crippen LogP contribution in [-0.2, 0) is 34.3 Å². The van der Waals surface area contributed by atoms with E-state index in [9.17, 15) is 13.2 Å². The third-order valence-corrected chi connectivity index (χ3v) is 6.35. The molecule has 2 aromatic rings. The lowest BCUT2D eigenvalue weighted by atomic mass is 10.2. The molecule has 1 saturated heterocycles. The molecule has 4 rings (SSSR count). The van der Waals surface area contributed by atoms with Crippen LogP contribution in [-0.4, -0.2) is 30.4 Å². The highest BCUT2D eigenvalue weighted by Gasteiger charge is 2.22. The summed E-state index contributed by atoms with van der Waals surface area (Å²) in [6, 6.07) is 6.46. The molecule has 8 heteroatoms. The molecule has 0 aliphatic carbocycles. The van der Waals surface area contributed by atoms with Crippen molar-refractivity contribution in [1.82, 2.24) is 14.3 Å². The van der Waals surface area contributed by atoms with Crippen LogP contribution in [0.2, 0.25) is 0 Å². The van der Waals surface area contributed by atoms with Gasteiger partial charge in [-0.25, -0.2) is 18.1 Å². The van der Waals surface area contributed by atoms with Crippen LogP contribution in [0.5, 0.6) is 0 Å². The zero-order valence-electron chi connectivity index (χ0n) is 14.5. The summed E-state index contributed by atoms with van der Waals surface area (Å²) < 4.78 is 29.8. The zero-order chi connectivity index (χ0) is 18.1. The second kappa shape index (κ2) is 6.85. The minimum absolute atomic E-state index is 0.0856. The first kappa shape index (κ1) is 17.2. The number of imidazole rings is 1. The second-order valence-electron chi connectivity index (χ2n) is 6.77. The van der Waals surface area contributed by atoms with Gasteiger partial charge >= 0.3 is 0 Å². The van der Waals surface area contributed by atoms with E-state index < -0.39 is 10.0 Å². The molecule has 26 heavy (non-hydrogen) atoms. The largest absolute Gasteiger partial charge is 0.335 e. The topological polar surface area (TPSA) is 84.3 Å². The summed E-state index contributed by atoms with van der Waals surface area (Å²) in [6.45, 7) is 1.81. The number of anilines is 1. The van der Waals surface area contributed by atoms with Crippen molar-refractivity contribution in [1.29, 1.82) is 0 Å². The molecule has 2 aliphatic heterocycles. The van der Waals surface area contributed by atoms with Crippen LogP contribution in [0.1, 0.15) is 37.2 Å². The Bertz CT molecular complexity index is 895. The van der Waals surface area contributed by atoms with Gasteiger partial charge in [-0.05, 0) is 43.5 Å². The Hall–Kier alpha value is -2.19. The predicted molar refractivity (Wildman–Crippen MR) is 97.2 cm³/mol. The van der Waals surface area contributed by atoms with Crippen molar-refractivity contribution < 1.29 is 13.2 Å². The Labute approximate surface area is 153 Å². The van der Waals surface area contributed by atoms with Gasteiger partial charge in [-0.15, -0.1) is 0 Å². The van der Waals surface area contributed by atoms with E-state index in [1.165, 1.54) is 0 Å². The summed E-state index contributed by atoms with van der Waals surface area (Å²) in [5, 5.41) is 0. The predicted octanol–water partition coefficient (Wildman–Crippen LogP) is 1.82. The number of carbonyl (C=O) groups is 1. The molecular formula is C18H22N4O3S. The fraction of sp³-hybridized carbons (Fsp3) is 0.444. The maximum absolute atomic E-state index is 12.5. The SMILES string of the molecule is O=C1CCCN1c1ccc(S(=O)(=O)NCc2cn3c(n2)CCCC3)cc1. The van der Waals surface area contributed by atoms with Crippen LogP contribution in [0.15, 0.2) is 35.4 Å². The highest BCUT2D eigenvalue weighted by atomic mass is 32.2. The molecule has 0 bridgehead atoms. The summed E-state index contributed by atoms with van der Waals surface area (Å²) in [5.41, 5.74) is 1.48. The normalized spacial score (nSPS) is 17.5. The number of fused-ring (bicyclic) bond motifs is 1. The van der Waals surface area contributed by atoms with Gasteiger partial charge in [0.25, 0.3) is 0 Å². The quantitative estimate of drug-likeness (QED) is 0.865. The molecule has 1 N–H and O–H groups in total. The van der Waals surface area contributed by atoms with Crippen LogP contribution in [0.4, 0.5) is 5.69 Å². The van der Waals surface area contributed by atoms with Gasteiger partial charge in [0.15, 0.2) is 0 Å². The summed E-state index contributed by atoms with van der Waals surface area (Å²) >= 11 is 0. The van der Waals surface area contributed by atoms with Crippen molar-refractivity contribution in [2.45, 2.75) is 50.1 Å². The van der Waals surface area contributed by atoms with Crippen molar-refractivity contribution in [2.24, 2.45) is 0 Å². The van der Waals surface area contributed by atoms with E-state index in [0.29, 0.717) is 13.0 Å². The first-order valence-electron chi connectivity index (χ1n) is 8.98. The molecule has 1 fully saturated rings. The fourth-order valence-electron chi connectivity index (χ4n) is 3.54. The third-order valence-electron chi connectivity index (χ3n) is 4.93. The Morgan fingerprint density at radius 2 is 1.85 bits per heavy atom. The molecule has 0 atom stereocenters. The molecule has 2 aliphatic rings. The smallest absolute Gasteiger partial charge is 0.240 e. The van der Waals surface area contributed by atoms with Gasteiger partial charge in [0, 0.05) is 37.8 Å². The number of nitrogens with zero attached hydrogens (tertiary/aromatic N) is 3. The molecule has 0 radical (unpaired) electrons. The van der Waals surface area contributed by atoms with Gasteiger partial charge < -0.3 is 9.47 Å². The van der Waals surface area contributed by atoms with E-state index >= 15 is 0 Å². The first-order valence-corrected chi connectivity index (χ1v) is 10.5.